The lowest BCUT2D eigenvalue weighted by Crippen LogP contribution is -2.41. The van der Waals surface area contributed by atoms with Crippen LogP contribution in [0.1, 0.15) is 25.1 Å². The first-order chi connectivity index (χ1) is 7.03. The van der Waals surface area contributed by atoms with Crippen molar-refractivity contribution in [2.75, 3.05) is 13.2 Å². The van der Waals surface area contributed by atoms with Gasteiger partial charge in [-0.2, -0.15) is 0 Å². The second-order valence-corrected chi connectivity index (χ2v) is 6.79. The molecule has 0 unspecified atom stereocenters. The lowest BCUT2D eigenvalue weighted by atomic mass is 10.0. The average Bonchev–Trinajstić information content (AvgIpc) is 2.51. The standard InChI is InChI=1S/C11H18BrNOS/c1-11(2,6-8-14)13-7-5-9-3-4-10(12)15-9/h3-4,13-14H,5-8H2,1-2H3. The van der Waals surface area contributed by atoms with E-state index in [2.05, 4.69) is 47.2 Å². The van der Waals surface area contributed by atoms with Gasteiger partial charge >= 0.3 is 0 Å². The van der Waals surface area contributed by atoms with Gasteiger partial charge in [-0.15, -0.1) is 11.3 Å². The molecule has 0 amide bonds. The van der Waals surface area contributed by atoms with E-state index in [4.69, 9.17) is 5.11 Å². The molecule has 1 aromatic heterocycles. The van der Waals surface area contributed by atoms with Crippen LogP contribution in [0.2, 0.25) is 0 Å². The molecule has 0 spiro atoms. The van der Waals surface area contributed by atoms with E-state index in [0.717, 1.165) is 19.4 Å². The summed E-state index contributed by atoms with van der Waals surface area (Å²) < 4.78 is 1.19. The fourth-order valence-corrected chi connectivity index (χ4v) is 2.86. The van der Waals surface area contributed by atoms with Crippen LogP contribution >= 0.6 is 27.3 Å². The lowest BCUT2D eigenvalue weighted by molar-refractivity contribution is 0.232. The molecule has 0 radical (unpaired) electrons. The molecule has 0 fully saturated rings. The lowest BCUT2D eigenvalue weighted by Gasteiger charge is -2.25. The summed E-state index contributed by atoms with van der Waals surface area (Å²) in [6.45, 7) is 5.44. The van der Waals surface area contributed by atoms with Gasteiger partial charge in [-0.25, -0.2) is 0 Å². The van der Waals surface area contributed by atoms with E-state index in [1.165, 1.54) is 8.66 Å². The number of rotatable bonds is 6. The van der Waals surface area contributed by atoms with Crippen LogP contribution in [0.25, 0.3) is 0 Å². The van der Waals surface area contributed by atoms with Gasteiger partial charge in [0.15, 0.2) is 0 Å². The summed E-state index contributed by atoms with van der Waals surface area (Å²) in [5, 5.41) is 12.3. The van der Waals surface area contributed by atoms with Gasteiger partial charge in [-0.3, -0.25) is 0 Å². The Morgan fingerprint density at radius 2 is 2.20 bits per heavy atom. The van der Waals surface area contributed by atoms with E-state index in [9.17, 15) is 0 Å². The van der Waals surface area contributed by atoms with Crippen LogP contribution in [0.15, 0.2) is 15.9 Å². The van der Waals surface area contributed by atoms with Crippen molar-refractivity contribution in [3.8, 4) is 0 Å². The van der Waals surface area contributed by atoms with Gasteiger partial charge in [0.1, 0.15) is 0 Å². The van der Waals surface area contributed by atoms with E-state index in [-0.39, 0.29) is 12.1 Å². The van der Waals surface area contributed by atoms with Crippen LogP contribution < -0.4 is 5.32 Å². The van der Waals surface area contributed by atoms with Crippen molar-refractivity contribution in [2.45, 2.75) is 32.2 Å². The third-order valence-electron chi connectivity index (χ3n) is 2.34. The molecule has 15 heavy (non-hydrogen) atoms. The molecule has 0 saturated carbocycles. The Bertz CT molecular complexity index is 299. The summed E-state index contributed by atoms with van der Waals surface area (Å²) >= 11 is 5.23. The molecule has 0 aliphatic heterocycles. The Kier molecular flexibility index (Phi) is 5.26. The van der Waals surface area contributed by atoms with Crippen molar-refractivity contribution in [3.63, 3.8) is 0 Å². The Hall–Kier alpha value is 0.1000. The summed E-state index contributed by atoms with van der Waals surface area (Å²) in [5.41, 5.74) is 0.0310. The smallest absolute Gasteiger partial charge is 0.0701 e. The van der Waals surface area contributed by atoms with E-state index in [0.29, 0.717) is 0 Å². The third kappa shape index (κ3) is 5.11. The minimum atomic E-state index is 0.0310. The molecule has 0 aromatic carbocycles. The average molecular weight is 292 g/mol. The Morgan fingerprint density at radius 1 is 1.47 bits per heavy atom. The van der Waals surface area contributed by atoms with Gasteiger partial charge in [0, 0.05) is 23.6 Å². The van der Waals surface area contributed by atoms with Crippen LogP contribution in [0.5, 0.6) is 0 Å². The van der Waals surface area contributed by atoms with Gasteiger partial charge in [0.2, 0.25) is 0 Å². The molecule has 86 valence electrons. The zero-order chi connectivity index (χ0) is 11.3. The first-order valence-electron chi connectivity index (χ1n) is 5.13. The van der Waals surface area contributed by atoms with Crippen molar-refractivity contribution in [3.05, 3.63) is 20.8 Å². The molecule has 0 atom stereocenters. The highest BCUT2D eigenvalue weighted by Crippen LogP contribution is 2.22. The molecule has 2 N–H and O–H groups in total. The monoisotopic (exact) mass is 291 g/mol. The highest BCUT2D eigenvalue weighted by atomic mass is 79.9. The van der Waals surface area contributed by atoms with Crippen LogP contribution in [0.4, 0.5) is 0 Å². The first-order valence-corrected chi connectivity index (χ1v) is 6.74. The molecular weight excluding hydrogens is 274 g/mol. The third-order valence-corrected chi connectivity index (χ3v) is 4.02. The number of hydrogen-bond acceptors (Lipinski definition) is 3. The van der Waals surface area contributed by atoms with E-state index < -0.39 is 0 Å². The maximum Gasteiger partial charge on any atom is 0.0701 e. The highest BCUT2D eigenvalue weighted by molar-refractivity contribution is 9.11. The van der Waals surface area contributed by atoms with Crippen molar-refractivity contribution in [2.24, 2.45) is 0 Å². The Labute approximate surface area is 104 Å². The summed E-state index contributed by atoms with van der Waals surface area (Å²) in [6, 6.07) is 4.23. The molecule has 0 aliphatic carbocycles. The number of hydrogen-bond donors (Lipinski definition) is 2. The fourth-order valence-electron chi connectivity index (χ4n) is 1.38. The largest absolute Gasteiger partial charge is 0.396 e. The van der Waals surface area contributed by atoms with Gasteiger partial charge in [-0.05, 0) is 54.8 Å². The van der Waals surface area contributed by atoms with Gasteiger partial charge < -0.3 is 10.4 Å². The maximum absolute atomic E-state index is 8.88. The highest BCUT2D eigenvalue weighted by Gasteiger charge is 2.15. The second kappa shape index (κ2) is 5.99. The number of thiophene rings is 1. The molecule has 2 nitrogen and oxygen atoms in total. The van der Waals surface area contributed by atoms with Crippen molar-refractivity contribution < 1.29 is 5.11 Å². The van der Waals surface area contributed by atoms with Crippen molar-refractivity contribution in [1.82, 2.24) is 5.32 Å². The number of halogens is 1. The van der Waals surface area contributed by atoms with Gasteiger partial charge in [0.25, 0.3) is 0 Å². The number of aliphatic hydroxyl groups excluding tert-OH is 1. The van der Waals surface area contributed by atoms with Crippen molar-refractivity contribution >= 4 is 27.3 Å². The summed E-state index contributed by atoms with van der Waals surface area (Å²) in [7, 11) is 0. The van der Waals surface area contributed by atoms with Crippen molar-refractivity contribution in [1.29, 1.82) is 0 Å². The summed E-state index contributed by atoms with van der Waals surface area (Å²) in [5.74, 6) is 0. The van der Waals surface area contributed by atoms with Crippen LogP contribution in [-0.2, 0) is 6.42 Å². The topological polar surface area (TPSA) is 32.3 Å². The molecule has 0 aliphatic rings. The van der Waals surface area contributed by atoms with E-state index in [1.807, 2.05) is 0 Å². The van der Waals surface area contributed by atoms with Gasteiger partial charge in [0.05, 0.1) is 3.79 Å². The van der Waals surface area contributed by atoms with E-state index in [1.54, 1.807) is 11.3 Å². The zero-order valence-corrected chi connectivity index (χ0v) is 11.6. The summed E-state index contributed by atoms with van der Waals surface area (Å²) in [6.07, 6.45) is 1.84. The quantitative estimate of drug-likeness (QED) is 0.845. The van der Waals surface area contributed by atoms with Crippen LogP contribution in [0, 0.1) is 0 Å². The van der Waals surface area contributed by atoms with Crippen LogP contribution in [0.3, 0.4) is 0 Å². The predicted molar refractivity (Wildman–Crippen MR) is 69.5 cm³/mol. The van der Waals surface area contributed by atoms with E-state index >= 15 is 0 Å². The number of nitrogens with one attached hydrogen (secondary N) is 1. The predicted octanol–water partition coefficient (Wildman–Crippen LogP) is 2.80. The Morgan fingerprint density at radius 3 is 2.73 bits per heavy atom. The first kappa shape index (κ1) is 13.2. The summed E-state index contributed by atoms with van der Waals surface area (Å²) in [4.78, 5) is 1.38. The molecule has 4 heteroatoms. The molecule has 0 bridgehead atoms. The number of aliphatic hydroxyl groups is 1. The van der Waals surface area contributed by atoms with Crippen LogP contribution in [-0.4, -0.2) is 23.8 Å². The maximum atomic E-state index is 8.88. The Balaban J connectivity index is 2.27. The fraction of sp³-hybridized carbons (Fsp3) is 0.636. The zero-order valence-electron chi connectivity index (χ0n) is 9.22. The SMILES string of the molecule is CC(C)(CCO)NCCc1ccc(Br)s1. The molecule has 1 heterocycles. The van der Waals surface area contributed by atoms with Gasteiger partial charge in [-0.1, -0.05) is 0 Å². The second-order valence-electron chi connectivity index (χ2n) is 4.24. The minimum Gasteiger partial charge on any atom is -0.396 e. The molecular formula is C11H18BrNOS. The molecule has 1 aromatic rings. The normalized spacial score (nSPS) is 12.0. The molecule has 1 rings (SSSR count). The molecule has 0 saturated heterocycles. The minimum absolute atomic E-state index is 0.0310.